The monoisotopic (exact) mass is 265 g/mol. The van der Waals surface area contributed by atoms with Crippen LogP contribution in [-0.2, 0) is 5.54 Å². The van der Waals surface area contributed by atoms with Crippen molar-refractivity contribution >= 4 is 5.97 Å². The molecule has 0 amide bonds. The zero-order valence-electron chi connectivity index (χ0n) is 11.4. The van der Waals surface area contributed by atoms with Gasteiger partial charge in [0.15, 0.2) is 11.5 Å². The first kappa shape index (κ1) is 13.7. The predicted molar refractivity (Wildman–Crippen MR) is 71.1 cm³/mol. The highest BCUT2D eigenvalue weighted by atomic mass is 16.5. The molecule has 2 rings (SSSR count). The zero-order valence-corrected chi connectivity index (χ0v) is 11.4. The molecule has 2 N–H and O–H groups in total. The number of carboxylic acids is 1. The molecular formula is C14H19NO4. The molecule has 0 spiro atoms. The third kappa shape index (κ3) is 2.38. The van der Waals surface area contributed by atoms with Crippen molar-refractivity contribution in [3.05, 3.63) is 23.3 Å². The van der Waals surface area contributed by atoms with Gasteiger partial charge < -0.3 is 19.9 Å². The molecule has 1 unspecified atom stereocenters. The summed E-state index contributed by atoms with van der Waals surface area (Å²) in [6, 6.07) is 3.52. The minimum Gasteiger partial charge on any atom is -0.493 e. The second-order valence-electron chi connectivity index (χ2n) is 4.93. The number of carboxylic acid groups (broad SMARTS) is 1. The summed E-state index contributed by atoms with van der Waals surface area (Å²) in [4.78, 5) is 11.4. The summed E-state index contributed by atoms with van der Waals surface area (Å²) in [6.07, 6.45) is 2.05. The Bertz CT molecular complexity index is 492. The zero-order chi connectivity index (χ0) is 14.0. The fraction of sp³-hybridized carbons (Fsp3) is 0.500. The molecule has 1 atom stereocenters. The second kappa shape index (κ2) is 5.09. The molecule has 1 aromatic carbocycles. The Balaban J connectivity index is 2.57. The predicted octanol–water partition coefficient (Wildman–Crippen LogP) is 2.00. The van der Waals surface area contributed by atoms with Crippen LogP contribution in [0.4, 0.5) is 0 Å². The molecule has 1 aliphatic heterocycles. The van der Waals surface area contributed by atoms with E-state index in [0.717, 1.165) is 24.9 Å². The number of benzene rings is 1. The first-order valence-electron chi connectivity index (χ1n) is 6.26. The Morgan fingerprint density at radius 2 is 2.11 bits per heavy atom. The first-order valence-corrected chi connectivity index (χ1v) is 6.26. The highest BCUT2D eigenvalue weighted by molar-refractivity contribution is 5.92. The van der Waals surface area contributed by atoms with E-state index in [0.29, 0.717) is 5.75 Å². The van der Waals surface area contributed by atoms with Gasteiger partial charge in [-0.15, -0.1) is 0 Å². The summed E-state index contributed by atoms with van der Waals surface area (Å²) in [7, 11) is 2.96. The average Bonchev–Trinajstić information content (AvgIpc) is 2.85. The van der Waals surface area contributed by atoms with Crippen LogP contribution in [0.1, 0.15) is 35.7 Å². The number of methoxy groups -OCH3 is 2. The average molecular weight is 265 g/mol. The Morgan fingerprint density at radius 3 is 2.58 bits per heavy atom. The summed E-state index contributed by atoms with van der Waals surface area (Å²) >= 11 is 0. The van der Waals surface area contributed by atoms with Crippen LogP contribution < -0.4 is 14.8 Å². The molecule has 104 valence electrons. The van der Waals surface area contributed by atoms with Crippen LogP contribution in [0.3, 0.4) is 0 Å². The number of nitrogens with one attached hydrogen (secondary N) is 1. The van der Waals surface area contributed by atoms with Crippen molar-refractivity contribution in [2.24, 2.45) is 0 Å². The van der Waals surface area contributed by atoms with Gasteiger partial charge in [0.1, 0.15) is 5.56 Å². The molecule has 1 fully saturated rings. The van der Waals surface area contributed by atoms with Gasteiger partial charge in [-0.25, -0.2) is 4.79 Å². The molecular weight excluding hydrogens is 246 g/mol. The molecule has 1 aliphatic rings. The fourth-order valence-electron chi connectivity index (χ4n) is 2.58. The lowest BCUT2D eigenvalue weighted by molar-refractivity contribution is 0.0692. The summed E-state index contributed by atoms with van der Waals surface area (Å²) in [5, 5.41) is 12.7. The number of hydrogen-bond acceptors (Lipinski definition) is 4. The van der Waals surface area contributed by atoms with Crippen molar-refractivity contribution in [2.75, 3.05) is 20.8 Å². The quantitative estimate of drug-likeness (QED) is 0.871. The molecule has 19 heavy (non-hydrogen) atoms. The van der Waals surface area contributed by atoms with Crippen molar-refractivity contribution in [1.29, 1.82) is 0 Å². The van der Waals surface area contributed by atoms with Gasteiger partial charge in [-0.1, -0.05) is 0 Å². The lowest BCUT2D eigenvalue weighted by atomic mass is 9.89. The first-order chi connectivity index (χ1) is 9.01. The molecule has 0 bridgehead atoms. The Kier molecular flexibility index (Phi) is 3.66. The normalized spacial score (nSPS) is 22.3. The van der Waals surface area contributed by atoms with Gasteiger partial charge >= 0.3 is 5.97 Å². The van der Waals surface area contributed by atoms with Crippen molar-refractivity contribution in [1.82, 2.24) is 5.32 Å². The van der Waals surface area contributed by atoms with Crippen LogP contribution in [0, 0.1) is 0 Å². The van der Waals surface area contributed by atoms with Crippen LogP contribution in [0.2, 0.25) is 0 Å². The van der Waals surface area contributed by atoms with E-state index in [1.165, 1.54) is 14.2 Å². The highest BCUT2D eigenvalue weighted by Crippen LogP contribution is 2.38. The molecule has 1 saturated heterocycles. The van der Waals surface area contributed by atoms with Gasteiger partial charge in [-0.3, -0.25) is 0 Å². The van der Waals surface area contributed by atoms with Gasteiger partial charge in [0.25, 0.3) is 0 Å². The van der Waals surface area contributed by atoms with E-state index in [9.17, 15) is 9.90 Å². The molecule has 1 heterocycles. The molecule has 0 radical (unpaired) electrons. The number of hydrogen-bond donors (Lipinski definition) is 2. The third-order valence-electron chi connectivity index (χ3n) is 3.72. The minimum atomic E-state index is -1.02. The van der Waals surface area contributed by atoms with Gasteiger partial charge in [-0.05, 0) is 44.0 Å². The van der Waals surface area contributed by atoms with E-state index in [2.05, 4.69) is 12.2 Å². The van der Waals surface area contributed by atoms with Crippen molar-refractivity contribution in [3.8, 4) is 11.5 Å². The molecule has 0 aromatic heterocycles. The Hall–Kier alpha value is -1.75. The third-order valence-corrected chi connectivity index (χ3v) is 3.72. The SMILES string of the molecule is COc1cc(C2(C)CCCN2)cc(C(=O)O)c1OC. The van der Waals surface area contributed by atoms with Crippen molar-refractivity contribution < 1.29 is 19.4 Å². The largest absolute Gasteiger partial charge is 0.493 e. The van der Waals surface area contributed by atoms with Crippen molar-refractivity contribution in [2.45, 2.75) is 25.3 Å². The van der Waals surface area contributed by atoms with E-state index in [4.69, 9.17) is 9.47 Å². The second-order valence-corrected chi connectivity index (χ2v) is 4.93. The van der Waals surface area contributed by atoms with E-state index < -0.39 is 5.97 Å². The molecule has 0 aliphatic carbocycles. The smallest absolute Gasteiger partial charge is 0.339 e. The molecule has 5 nitrogen and oxygen atoms in total. The summed E-state index contributed by atoms with van der Waals surface area (Å²) in [6.45, 7) is 3.01. The summed E-state index contributed by atoms with van der Waals surface area (Å²) < 4.78 is 10.4. The Morgan fingerprint density at radius 1 is 1.37 bits per heavy atom. The molecule has 5 heteroatoms. The molecule has 0 saturated carbocycles. The van der Waals surface area contributed by atoms with Gasteiger partial charge in [0.2, 0.25) is 0 Å². The topological polar surface area (TPSA) is 67.8 Å². The van der Waals surface area contributed by atoms with Crippen LogP contribution in [0.25, 0.3) is 0 Å². The van der Waals surface area contributed by atoms with Crippen LogP contribution in [0.5, 0.6) is 11.5 Å². The van der Waals surface area contributed by atoms with Crippen LogP contribution in [0.15, 0.2) is 12.1 Å². The maximum absolute atomic E-state index is 11.4. The van der Waals surface area contributed by atoms with Gasteiger partial charge in [-0.2, -0.15) is 0 Å². The fourth-order valence-corrected chi connectivity index (χ4v) is 2.58. The summed E-state index contributed by atoms with van der Waals surface area (Å²) in [5.74, 6) is -0.300. The number of ether oxygens (including phenoxy) is 2. The number of aromatic carboxylic acids is 1. The van der Waals surface area contributed by atoms with E-state index in [-0.39, 0.29) is 16.9 Å². The van der Waals surface area contributed by atoms with Crippen molar-refractivity contribution in [3.63, 3.8) is 0 Å². The lowest BCUT2D eigenvalue weighted by Gasteiger charge is -2.26. The maximum atomic E-state index is 11.4. The van der Waals surface area contributed by atoms with E-state index in [1.54, 1.807) is 6.07 Å². The highest BCUT2D eigenvalue weighted by Gasteiger charge is 2.32. The summed E-state index contributed by atoms with van der Waals surface area (Å²) in [5.41, 5.74) is 0.843. The maximum Gasteiger partial charge on any atom is 0.339 e. The van der Waals surface area contributed by atoms with Crippen LogP contribution >= 0.6 is 0 Å². The molecule has 1 aromatic rings. The van der Waals surface area contributed by atoms with Gasteiger partial charge in [0.05, 0.1) is 14.2 Å². The number of carbonyl (C=O) groups is 1. The van der Waals surface area contributed by atoms with E-state index in [1.807, 2.05) is 6.07 Å². The number of rotatable bonds is 4. The Labute approximate surface area is 112 Å². The van der Waals surface area contributed by atoms with Gasteiger partial charge in [0, 0.05) is 5.54 Å². The van der Waals surface area contributed by atoms with E-state index >= 15 is 0 Å². The minimum absolute atomic E-state index is 0.131. The van der Waals surface area contributed by atoms with Crippen LogP contribution in [-0.4, -0.2) is 31.8 Å². The lowest BCUT2D eigenvalue weighted by Crippen LogP contribution is -2.33. The standard InChI is InChI=1S/C14H19NO4/c1-14(5-4-6-15-14)9-7-10(13(16)17)12(19-3)11(8-9)18-2/h7-8,15H,4-6H2,1-3H3,(H,16,17).